The van der Waals surface area contributed by atoms with E-state index in [1.807, 2.05) is 37.3 Å². The standard InChI is InChI=1S/C18H14BrClN2O2S/c1-10-3-4-12(9-15(10)20)21-18-22-17(23)16(25-18)8-11-7-13(24-2)5-6-14(11)19/h3-9H,1-2H3,(H,21,22,23). The highest BCUT2D eigenvalue weighted by atomic mass is 79.9. The lowest BCUT2D eigenvalue weighted by atomic mass is 10.2. The molecule has 1 aliphatic heterocycles. The summed E-state index contributed by atoms with van der Waals surface area (Å²) in [4.78, 5) is 17.2. The second kappa shape index (κ2) is 7.64. The van der Waals surface area contributed by atoms with E-state index in [2.05, 4.69) is 26.2 Å². The molecular weight excluding hydrogens is 424 g/mol. The first-order valence-electron chi connectivity index (χ1n) is 7.35. The summed E-state index contributed by atoms with van der Waals surface area (Å²) in [5.74, 6) is 0.540. The number of rotatable bonds is 3. The summed E-state index contributed by atoms with van der Waals surface area (Å²) in [7, 11) is 1.61. The normalized spacial score (nSPS) is 17.2. The van der Waals surface area contributed by atoms with Crippen molar-refractivity contribution >= 4 is 62.1 Å². The molecule has 1 heterocycles. The van der Waals surface area contributed by atoms with E-state index in [1.54, 1.807) is 19.3 Å². The number of carbonyl (C=O) groups excluding carboxylic acids is 1. The van der Waals surface area contributed by atoms with Crippen LogP contribution in [-0.2, 0) is 4.79 Å². The first-order chi connectivity index (χ1) is 12.0. The van der Waals surface area contributed by atoms with Gasteiger partial charge >= 0.3 is 0 Å². The first kappa shape index (κ1) is 18.0. The largest absolute Gasteiger partial charge is 0.497 e. The summed E-state index contributed by atoms with van der Waals surface area (Å²) in [6, 6.07) is 11.1. The van der Waals surface area contributed by atoms with E-state index < -0.39 is 0 Å². The minimum atomic E-state index is -0.184. The Hall–Kier alpha value is -1.76. The van der Waals surface area contributed by atoms with Gasteiger partial charge in [-0.05, 0) is 66.2 Å². The second-order valence-electron chi connectivity index (χ2n) is 5.30. The molecule has 1 aliphatic rings. The van der Waals surface area contributed by atoms with Crippen LogP contribution < -0.4 is 10.1 Å². The summed E-state index contributed by atoms with van der Waals surface area (Å²) in [5, 5.41) is 3.94. The van der Waals surface area contributed by atoms with Gasteiger partial charge in [-0.2, -0.15) is 0 Å². The van der Waals surface area contributed by atoms with Crippen LogP contribution in [0.3, 0.4) is 0 Å². The maximum absolute atomic E-state index is 12.2. The highest BCUT2D eigenvalue weighted by Crippen LogP contribution is 2.32. The lowest BCUT2D eigenvalue weighted by Gasteiger charge is -2.03. The number of hydrogen-bond donors (Lipinski definition) is 1. The Morgan fingerprint density at radius 2 is 2.08 bits per heavy atom. The molecule has 0 aromatic heterocycles. The number of aryl methyl sites for hydroxylation is 1. The van der Waals surface area contributed by atoms with Gasteiger partial charge < -0.3 is 10.1 Å². The van der Waals surface area contributed by atoms with E-state index in [-0.39, 0.29) is 5.91 Å². The third-order valence-corrected chi connectivity index (χ3v) is 5.57. The van der Waals surface area contributed by atoms with Crippen molar-refractivity contribution in [1.82, 2.24) is 5.32 Å². The van der Waals surface area contributed by atoms with Crippen molar-refractivity contribution in [2.24, 2.45) is 4.99 Å². The van der Waals surface area contributed by atoms with Gasteiger partial charge in [0.1, 0.15) is 5.75 Å². The van der Waals surface area contributed by atoms with E-state index in [9.17, 15) is 4.79 Å². The molecule has 0 unspecified atom stereocenters. The molecule has 0 spiro atoms. The van der Waals surface area contributed by atoms with Crippen molar-refractivity contribution in [3.8, 4) is 5.75 Å². The number of ether oxygens (including phenoxy) is 1. The van der Waals surface area contributed by atoms with Gasteiger partial charge in [0.15, 0.2) is 5.17 Å². The fraction of sp³-hybridized carbons (Fsp3) is 0.111. The molecule has 7 heteroatoms. The SMILES string of the molecule is COc1ccc(Br)c(C=C2SC(=Nc3ccc(C)c(Cl)c3)NC2=O)c1. The van der Waals surface area contributed by atoms with Crippen LogP contribution in [0, 0.1) is 6.92 Å². The second-order valence-corrected chi connectivity index (χ2v) is 7.59. The van der Waals surface area contributed by atoms with E-state index in [1.165, 1.54) is 11.8 Å². The molecule has 0 saturated carbocycles. The van der Waals surface area contributed by atoms with Crippen molar-refractivity contribution in [3.05, 3.63) is 61.9 Å². The van der Waals surface area contributed by atoms with Gasteiger partial charge in [0, 0.05) is 9.50 Å². The van der Waals surface area contributed by atoms with Crippen LogP contribution >= 0.6 is 39.3 Å². The smallest absolute Gasteiger partial charge is 0.264 e. The molecule has 1 N–H and O–H groups in total. The minimum absolute atomic E-state index is 0.184. The zero-order valence-electron chi connectivity index (χ0n) is 13.5. The van der Waals surface area contributed by atoms with E-state index >= 15 is 0 Å². The van der Waals surface area contributed by atoms with Crippen molar-refractivity contribution in [2.75, 3.05) is 7.11 Å². The Kier molecular flexibility index (Phi) is 5.51. The van der Waals surface area contributed by atoms with Crippen LogP contribution in [0.25, 0.3) is 6.08 Å². The van der Waals surface area contributed by atoms with Crippen LogP contribution in [0.1, 0.15) is 11.1 Å². The van der Waals surface area contributed by atoms with Crippen molar-refractivity contribution < 1.29 is 9.53 Å². The number of nitrogens with zero attached hydrogens (tertiary/aromatic N) is 1. The molecule has 1 amide bonds. The number of nitrogens with one attached hydrogen (secondary N) is 1. The molecule has 4 nitrogen and oxygen atoms in total. The van der Waals surface area contributed by atoms with Gasteiger partial charge in [-0.15, -0.1) is 0 Å². The van der Waals surface area contributed by atoms with Crippen molar-refractivity contribution in [2.45, 2.75) is 6.92 Å². The van der Waals surface area contributed by atoms with Crippen LogP contribution in [-0.4, -0.2) is 18.2 Å². The Balaban J connectivity index is 1.87. The predicted octanol–water partition coefficient (Wildman–Crippen LogP) is 5.31. The van der Waals surface area contributed by atoms with Gasteiger partial charge in [0.05, 0.1) is 17.7 Å². The van der Waals surface area contributed by atoms with E-state index in [0.717, 1.165) is 21.3 Å². The fourth-order valence-electron chi connectivity index (χ4n) is 2.15. The van der Waals surface area contributed by atoms with Crippen LogP contribution in [0.15, 0.2) is 50.8 Å². The molecule has 2 aromatic carbocycles. The molecule has 0 radical (unpaired) electrons. The Morgan fingerprint density at radius 1 is 1.28 bits per heavy atom. The first-order valence-corrected chi connectivity index (χ1v) is 9.34. The summed E-state index contributed by atoms with van der Waals surface area (Å²) in [5.41, 5.74) is 2.54. The number of halogens is 2. The number of hydrogen-bond acceptors (Lipinski definition) is 4. The summed E-state index contributed by atoms with van der Waals surface area (Å²) in [6.45, 7) is 1.93. The van der Waals surface area contributed by atoms with Crippen LogP contribution in [0.5, 0.6) is 5.75 Å². The van der Waals surface area contributed by atoms with Gasteiger partial charge in [0.2, 0.25) is 0 Å². The van der Waals surface area contributed by atoms with E-state index in [4.69, 9.17) is 16.3 Å². The zero-order chi connectivity index (χ0) is 18.0. The number of amides is 1. The molecule has 128 valence electrons. The molecule has 1 fully saturated rings. The molecule has 1 saturated heterocycles. The topological polar surface area (TPSA) is 50.7 Å². The molecule has 2 aromatic rings. The van der Waals surface area contributed by atoms with Crippen molar-refractivity contribution in [3.63, 3.8) is 0 Å². The monoisotopic (exact) mass is 436 g/mol. The molecule has 0 aliphatic carbocycles. The van der Waals surface area contributed by atoms with Gasteiger partial charge in [-0.3, -0.25) is 4.79 Å². The quantitative estimate of drug-likeness (QED) is 0.662. The Labute approximate surface area is 163 Å². The summed E-state index contributed by atoms with van der Waals surface area (Å²) < 4.78 is 6.11. The number of carbonyl (C=O) groups is 1. The third kappa shape index (κ3) is 4.26. The van der Waals surface area contributed by atoms with Gasteiger partial charge in [-0.25, -0.2) is 4.99 Å². The minimum Gasteiger partial charge on any atom is -0.497 e. The summed E-state index contributed by atoms with van der Waals surface area (Å²) in [6.07, 6.45) is 1.80. The maximum Gasteiger partial charge on any atom is 0.264 e. The van der Waals surface area contributed by atoms with Crippen LogP contribution in [0.4, 0.5) is 5.69 Å². The molecule has 0 atom stereocenters. The molecule has 0 bridgehead atoms. The lowest BCUT2D eigenvalue weighted by Crippen LogP contribution is -2.19. The third-order valence-electron chi connectivity index (χ3n) is 3.53. The molecule has 3 rings (SSSR count). The lowest BCUT2D eigenvalue weighted by molar-refractivity contribution is -0.115. The number of methoxy groups -OCH3 is 1. The molecule has 25 heavy (non-hydrogen) atoms. The Morgan fingerprint density at radius 3 is 2.80 bits per heavy atom. The Bertz CT molecular complexity index is 912. The van der Waals surface area contributed by atoms with Crippen LogP contribution in [0.2, 0.25) is 5.02 Å². The highest BCUT2D eigenvalue weighted by Gasteiger charge is 2.24. The molecular formula is C18H14BrClN2O2S. The predicted molar refractivity (Wildman–Crippen MR) is 108 cm³/mol. The highest BCUT2D eigenvalue weighted by molar-refractivity contribution is 9.10. The van der Waals surface area contributed by atoms with E-state index in [0.29, 0.717) is 20.8 Å². The van der Waals surface area contributed by atoms with Crippen molar-refractivity contribution in [1.29, 1.82) is 0 Å². The van der Waals surface area contributed by atoms with Gasteiger partial charge in [-0.1, -0.05) is 33.6 Å². The average Bonchev–Trinajstić information content (AvgIpc) is 2.92. The number of benzene rings is 2. The number of aliphatic imine (C=N–C) groups is 1. The zero-order valence-corrected chi connectivity index (χ0v) is 16.6. The number of amidine groups is 1. The number of thioether (sulfide) groups is 1. The summed E-state index contributed by atoms with van der Waals surface area (Å²) >= 11 is 10.9. The fourth-order valence-corrected chi connectivity index (χ4v) is 3.52. The maximum atomic E-state index is 12.2. The average molecular weight is 438 g/mol. The van der Waals surface area contributed by atoms with Gasteiger partial charge in [0.25, 0.3) is 5.91 Å².